The highest BCUT2D eigenvalue weighted by molar-refractivity contribution is 8.00. The van der Waals surface area contributed by atoms with E-state index in [1.54, 1.807) is 0 Å². The molecule has 0 saturated carbocycles. The second-order valence-electron chi connectivity index (χ2n) is 5.01. The lowest BCUT2D eigenvalue weighted by atomic mass is 10.0. The van der Waals surface area contributed by atoms with Gasteiger partial charge >= 0.3 is 6.03 Å². The molecule has 0 aliphatic carbocycles. The van der Waals surface area contributed by atoms with Gasteiger partial charge in [-0.1, -0.05) is 6.42 Å². The van der Waals surface area contributed by atoms with Crippen LogP contribution in [-0.4, -0.2) is 48.1 Å². The lowest BCUT2D eigenvalue weighted by Gasteiger charge is -2.16. The molecule has 0 aromatic rings. The SMILES string of the molecule is NCCNC(=O)CCCC[C@@H]1SC[C@H]2NC(=O)N[C@H]12. The number of thioether (sulfide) groups is 1. The number of hydrogen-bond acceptors (Lipinski definition) is 4. The van der Waals surface area contributed by atoms with Crippen LogP contribution in [0.15, 0.2) is 0 Å². The lowest BCUT2D eigenvalue weighted by Crippen LogP contribution is -2.36. The van der Waals surface area contributed by atoms with Crippen LogP contribution in [0.3, 0.4) is 0 Å². The van der Waals surface area contributed by atoms with E-state index < -0.39 is 0 Å². The Morgan fingerprint density at radius 1 is 1.42 bits per heavy atom. The van der Waals surface area contributed by atoms with Gasteiger partial charge in [-0.25, -0.2) is 4.79 Å². The Kier molecular flexibility index (Phi) is 5.33. The monoisotopic (exact) mass is 286 g/mol. The third-order valence-electron chi connectivity index (χ3n) is 3.55. The van der Waals surface area contributed by atoms with E-state index in [1.165, 1.54) is 0 Å². The highest BCUT2D eigenvalue weighted by Gasteiger charge is 2.42. The van der Waals surface area contributed by atoms with Gasteiger partial charge in [-0.15, -0.1) is 0 Å². The molecule has 2 heterocycles. The minimum Gasteiger partial charge on any atom is -0.355 e. The number of fused-ring (bicyclic) bond motifs is 1. The molecule has 0 unspecified atom stereocenters. The molecule has 0 aromatic heterocycles. The number of carbonyl (C=O) groups excluding carboxylic acids is 2. The van der Waals surface area contributed by atoms with Crippen molar-refractivity contribution < 1.29 is 9.59 Å². The van der Waals surface area contributed by atoms with Crippen LogP contribution in [0.5, 0.6) is 0 Å². The fourth-order valence-corrected chi connectivity index (χ4v) is 4.12. The fourth-order valence-electron chi connectivity index (χ4n) is 2.57. The van der Waals surface area contributed by atoms with Crippen molar-refractivity contribution in [3.05, 3.63) is 0 Å². The van der Waals surface area contributed by atoms with Crippen molar-refractivity contribution in [3.8, 4) is 0 Å². The van der Waals surface area contributed by atoms with Crippen molar-refractivity contribution in [2.45, 2.75) is 43.0 Å². The highest BCUT2D eigenvalue weighted by atomic mass is 32.2. The molecule has 3 amide bonds. The van der Waals surface area contributed by atoms with Gasteiger partial charge < -0.3 is 21.7 Å². The van der Waals surface area contributed by atoms with Crippen LogP contribution in [0.1, 0.15) is 25.7 Å². The number of nitrogens with one attached hydrogen (secondary N) is 3. The molecule has 3 atom stereocenters. The van der Waals surface area contributed by atoms with Gasteiger partial charge in [0.2, 0.25) is 5.91 Å². The molecule has 2 aliphatic rings. The molecular weight excluding hydrogens is 264 g/mol. The van der Waals surface area contributed by atoms with Crippen LogP contribution in [0, 0.1) is 0 Å². The van der Waals surface area contributed by atoms with E-state index >= 15 is 0 Å². The molecule has 0 spiro atoms. The maximum Gasteiger partial charge on any atom is 0.315 e. The molecule has 2 saturated heterocycles. The molecule has 2 aliphatic heterocycles. The van der Waals surface area contributed by atoms with Gasteiger partial charge in [-0.3, -0.25) is 4.79 Å². The summed E-state index contributed by atoms with van der Waals surface area (Å²) in [4.78, 5) is 22.6. The van der Waals surface area contributed by atoms with Gasteiger partial charge in [0.1, 0.15) is 0 Å². The predicted molar refractivity (Wildman–Crippen MR) is 76.0 cm³/mol. The summed E-state index contributed by atoms with van der Waals surface area (Å²) >= 11 is 1.91. The van der Waals surface area contributed by atoms with Crippen molar-refractivity contribution in [1.82, 2.24) is 16.0 Å². The predicted octanol–water partition coefficient (Wildman–Crippen LogP) is -0.213. The zero-order valence-corrected chi connectivity index (χ0v) is 11.8. The van der Waals surface area contributed by atoms with Crippen molar-refractivity contribution in [1.29, 1.82) is 0 Å². The summed E-state index contributed by atoms with van der Waals surface area (Å²) in [6.07, 6.45) is 3.53. The summed E-state index contributed by atoms with van der Waals surface area (Å²) in [5.74, 6) is 1.07. The van der Waals surface area contributed by atoms with Crippen LogP contribution in [0.25, 0.3) is 0 Å². The van der Waals surface area contributed by atoms with E-state index in [-0.39, 0.29) is 24.0 Å². The Morgan fingerprint density at radius 2 is 2.26 bits per heavy atom. The number of nitrogens with two attached hydrogens (primary N) is 1. The lowest BCUT2D eigenvalue weighted by molar-refractivity contribution is -0.121. The number of rotatable bonds is 7. The Labute approximate surface area is 117 Å². The maximum absolute atomic E-state index is 11.4. The molecular formula is C12H22N4O2S. The first-order valence-corrected chi connectivity index (χ1v) is 7.91. The van der Waals surface area contributed by atoms with E-state index in [0.29, 0.717) is 24.8 Å². The average molecular weight is 286 g/mol. The molecule has 2 rings (SSSR count). The molecule has 0 radical (unpaired) electrons. The van der Waals surface area contributed by atoms with Crippen LogP contribution >= 0.6 is 11.8 Å². The zero-order valence-electron chi connectivity index (χ0n) is 11.0. The highest BCUT2D eigenvalue weighted by Crippen LogP contribution is 2.33. The van der Waals surface area contributed by atoms with E-state index in [1.807, 2.05) is 11.8 Å². The summed E-state index contributed by atoms with van der Waals surface area (Å²) in [7, 11) is 0. The first-order valence-electron chi connectivity index (χ1n) is 6.86. The first-order chi connectivity index (χ1) is 9.20. The summed E-state index contributed by atoms with van der Waals surface area (Å²) < 4.78 is 0. The molecule has 7 heteroatoms. The molecule has 0 bridgehead atoms. The second-order valence-corrected chi connectivity index (χ2v) is 6.28. The van der Waals surface area contributed by atoms with E-state index in [0.717, 1.165) is 25.0 Å². The van der Waals surface area contributed by atoms with Crippen molar-refractivity contribution in [3.63, 3.8) is 0 Å². The van der Waals surface area contributed by atoms with E-state index in [2.05, 4.69) is 16.0 Å². The van der Waals surface area contributed by atoms with Gasteiger partial charge in [-0.2, -0.15) is 11.8 Å². The van der Waals surface area contributed by atoms with Gasteiger partial charge in [0.15, 0.2) is 0 Å². The quantitative estimate of drug-likeness (QED) is 0.384. The average Bonchev–Trinajstić information content (AvgIpc) is 2.92. The molecule has 19 heavy (non-hydrogen) atoms. The minimum absolute atomic E-state index is 0.0403. The Bertz CT molecular complexity index is 340. The molecule has 5 N–H and O–H groups in total. The molecule has 6 nitrogen and oxygen atoms in total. The zero-order chi connectivity index (χ0) is 13.7. The maximum atomic E-state index is 11.4. The first kappa shape index (κ1) is 14.5. The van der Waals surface area contributed by atoms with Gasteiger partial charge in [0, 0.05) is 30.5 Å². The molecule has 108 valence electrons. The molecule has 0 aromatic carbocycles. The standard InChI is InChI=1S/C12H22N4O2S/c13-5-6-14-10(17)4-2-1-3-9-11-8(7-19-9)15-12(18)16-11/h8-9,11H,1-7,13H2,(H,14,17)(H2,15,16,18)/t8-,9+,11+/m1/s1. The number of urea groups is 1. The minimum atomic E-state index is -0.0403. The molecule has 2 fully saturated rings. The number of amides is 3. The third-order valence-corrected chi connectivity index (χ3v) is 5.06. The number of carbonyl (C=O) groups is 2. The Hall–Kier alpha value is -0.950. The van der Waals surface area contributed by atoms with Crippen LogP contribution in [0.2, 0.25) is 0 Å². The Balaban J connectivity index is 1.59. The van der Waals surface area contributed by atoms with Crippen LogP contribution in [0.4, 0.5) is 4.79 Å². The largest absolute Gasteiger partial charge is 0.355 e. The third kappa shape index (κ3) is 4.01. The second kappa shape index (κ2) is 7.00. The summed E-state index contributed by atoms with van der Waals surface area (Å²) in [6.45, 7) is 1.04. The Morgan fingerprint density at radius 3 is 3.05 bits per heavy atom. The van der Waals surface area contributed by atoms with Crippen LogP contribution in [-0.2, 0) is 4.79 Å². The van der Waals surface area contributed by atoms with Crippen LogP contribution < -0.4 is 21.7 Å². The topological polar surface area (TPSA) is 96.2 Å². The van der Waals surface area contributed by atoms with E-state index in [4.69, 9.17) is 5.73 Å². The van der Waals surface area contributed by atoms with Gasteiger partial charge in [-0.05, 0) is 12.8 Å². The number of hydrogen-bond donors (Lipinski definition) is 4. The van der Waals surface area contributed by atoms with Gasteiger partial charge in [0.25, 0.3) is 0 Å². The summed E-state index contributed by atoms with van der Waals surface area (Å²) in [6, 6.07) is 0.514. The summed E-state index contributed by atoms with van der Waals surface area (Å²) in [5.41, 5.74) is 5.32. The van der Waals surface area contributed by atoms with Gasteiger partial charge in [0.05, 0.1) is 12.1 Å². The van der Waals surface area contributed by atoms with E-state index in [9.17, 15) is 9.59 Å². The fraction of sp³-hybridized carbons (Fsp3) is 0.833. The van der Waals surface area contributed by atoms with Crippen molar-refractivity contribution >= 4 is 23.7 Å². The normalized spacial score (nSPS) is 28.7. The van der Waals surface area contributed by atoms with Crippen molar-refractivity contribution in [2.75, 3.05) is 18.8 Å². The van der Waals surface area contributed by atoms with Crippen molar-refractivity contribution in [2.24, 2.45) is 5.73 Å². The number of unbranched alkanes of at least 4 members (excludes halogenated alkanes) is 1. The summed E-state index contributed by atoms with van der Waals surface area (Å²) in [5, 5.41) is 9.16. The smallest absolute Gasteiger partial charge is 0.315 e.